The monoisotopic (exact) mass is 628 g/mol. The summed E-state index contributed by atoms with van der Waals surface area (Å²) in [6.45, 7) is 16.4. The van der Waals surface area contributed by atoms with Gasteiger partial charge in [-0.25, -0.2) is 19.6 Å². The number of ether oxygens (including phenoxy) is 2. The molecule has 4 atom stereocenters. The zero-order chi connectivity index (χ0) is 31.0. The van der Waals surface area contributed by atoms with E-state index in [1.165, 1.54) is 25.0 Å². The Morgan fingerprint density at radius 1 is 1.19 bits per heavy atom. The van der Waals surface area contributed by atoms with E-state index < -0.39 is 27.0 Å². The smallest absolute Gasteiger partial charge is 0.259 e. The minimum Gasteiger partial charge on any atom is -0.394 e. The summed E-state index contributed by atoms with van der Waals surface area (Å²) >= 11 is 1.28. The van der Waals surface area contributed by atoms with Gasteiger partial charge in [-0.15, -0.1) is 0 Å². The molecule has 0 aromatic carbocycles. The average Bonchev–Trinajstić information content (AvgIpc) is 3.51. The zero-order valence-corrected chi connectivity index (χ0v) is 27.5. The van der Waals surface area contributed by atoms with E-state index in [-0.39, 0.29) is 35.1 Å². The van der Waals surface area contributed by atoms with Crippen molar-refractivity contribution in [3.8, 4) is 0 Å². The first-order valence-corrected chi connectivity index (χ1v) is 16.3. The number of carbonyl (C=O) groups is 2. The Morgan fingerprint density at radius 3 is 2.52 bits per heavy atom. The number of imidazole rings is 1. The predicted octanol–water partition coefficient (Wildman–Crippen LogP) is 4.13. The summed E-state index contributed by atoms with van der Waals surface area (Å²) in [7, 11) is -1.52. The number of carbonyl (C=O) groups excluding carboxylic acids is 2. The van der Waals surface area contributed by atoms with E-state index in [1.807, 2.05) is 20.8 Å². The molecule has 1 fully saturated rings. The molecule has 2 aromatic heterocycles. The van der Waals surface area contributed by atoms with E-state index in [4.69, 9.17) is 18.5 Å². The SMILES string of the molecule is CC(=O)Nc1ncnc2c1ncn2[C@H]1C[C@@H](OP(OCCOCCSC(=O)C(C)(C)C)N(C(C)C)C(C)C)[C@@H](CO)O1. The number of fused-ring (bicyclic) bond motifs is 1. The van der Waals surface area contributed by atoms with Crippen molar-refractivity contribution in [1.82, 2.24) is 24.2 Å². The molecule has 1 aliphatic heterocycles. The summed E-state index contributed by atoms with van der Waals surface area (Å²) < 4.78 is 28.7. The largest absolute Gasteiger partial charge is 0.394 e. The van der Waals surface area contributed by atoms with E-state index >= 15 is 0 Å². The van der Waals surface area contributed by atoms with E-state index in [9.17, 15) is 14.7 Å². The Kier molecular flexibility index (Phi) is 13.1. The molecule has 3 heterocycles. The van der Waals surface area contributed by atoms with E-state index in [1.54, 1.807) is 10.9 Å². The van der Waals surface area contributed by atoms with Gasteiger partial charge < -0.3 is 28.9 Å². The fraction of sp³-hybridized carbons (Fsp3) is 0.741. The quantitative estimate of drug-likeness (QED) is 0.216. The Labute approximate surface area is 253 Å². The second kappa shape index (κ2) is 15.8. The number of aliphatic hydroxyl groups is 1. The first-order valence-electron chi connectivity index (χ1n) is 14.2. The van der Waals surface area contributed by atoms with Gasteiger partial charge in [-0.3, -0.25) is 14.2 Å². The Morgan fingerprint density at radius 2 is 1.90 bits per heavy atom. The maximum absolute atomic E-state index is 12.1. The van der Waals surface area contributed by atoms with Crippen LogP contribution in [0.15, 0.2) is 12.7 Å². The van der Waals surface area contributed by atoms with Gasteiger partial charge in [0.2, 0.25) is 5.91 Å². The van der Waals surface area contributed by atoms with Crippen LogP contribution in [0.1, 0.15) is 68.0 Å². The molecule has 13 nitrogen and oxygen atoms in total. The van der Waals surface area contributed by atoms with Gasteiger partial charge in [0.1, 0.15) is 18.7 Å². The second-order valence-electron chi connectivity index (χ2n) is 11.6. The second-order valence-corrected chi connectivity index (χ2v) is 14.0. The number of anilines is 1. The van der Waals surface area contributed by atoms with Crippen LogP contribution < -0.4 is 5.32 Å². The van der Waals surface area contributed by atoms with Crippen LogP contribution in [0.5, 0.6) is 0 Å². The summed E-state index contributed by atoms with van der Waals surface area (Å²) in [4.78, 5) is 36.5. The van der Waals surface area contributed by atoms with Gasteiger partial charge in [0, 0.05) is 36.6 Å². The third kappa shape index (κ3) is 9.36. The number of rotatable bonds is 15. The van der Waals surface area contributed by atoms with Crippen molar-refractivity contribution in [2.24, 2.45) is 5.41 Å². The first-order chi connectivity index (χ1) is 19.8. The molecule has 1 unspecified atom stereocenters. The number of nitrogens with one attached hydrogen (secondary N) is 1. The van der Waals surface area contributed by atoms with Crippen molar-refractivity contribution < 1.29 is 33.2 Å². The highest BCUT2D eigenvalue weighted by molar-refractivity contribution is 8.13. The Balaban J connectivity index is 1.65. The van der Waals surface area contributed by atoms with E-state index in [2.05, 4.69) is 52.6 Å². The molecule has 1 saturated heterocycles. The topological polar surface area (TPSA) is 150 Å². The van der Waals surface area contributed by atoms with Crippen LogP contribution in [0.25, 0.3) is 11.2 Å². The summed E-state index contributed by atoms with van der Waals surface area (Å²) in [6.07, 6.45) is 1.83. The summed E-state index contributed by atoms with van der Waals surface area (Å²) in [5.74, 6) is 0.646. The molecule has 1 aliphatic rings. The van der Waals surface area contributed by atoms with Gasteiger partial charge in [0.25, 0.3) is 8.53 Å². The van der Waals surface area contributed by atoms with Gasteiger partial charge in [-0.05, 0) is 27.7 Å². The van der Waals surface area contributed by atoms with Crippen molar-refractivity contribution >= 4 is 48.3 Å². The number of thioether (sulfide) groups is 1. The molecule has 2 aromatic rings. The lowest BCUT2D eigenvalue weighted by atomic mass is 10.00. The lowest BCUT2D eigenvalue weighted by molar-refractivity contribution is -0.117. The molecule has 0 saturated carbocycles. The molecule has 0 bridgehead atoms. The highest BCUT2D eigenvalue weighted by atomic mass is 32.2. The molecule has 0 spiro atoms. The molecule has 42 heavy (non-hydrogen) atoms. The highest BCUT2D eigenvalue weighted by Gasteiger charge is 2.41. The van der Waals surface area contributed by atoms with E-state index in [0.29, 0.717) is 49.0 Å². The normalized spacial score (nSPS) is 20.2. The van der Waals surface area contributed by atoms with Crippen molar-refractivity contribution in [2.45, 2.75) is 92.3 Å². The molecule has 2 N–H and O–H groups in total. The third-order valence-electron chi connectivity index (χ3n) is 6.30. The van der Waals surface area contributed by atoms with Crippen LogP contribution in [-0.4, -0.2) is 96.8 Å². The number of amides is 1. The summed E-state index contributed by atoms with van der Waals surface area (Å²) in [6, 6.07) is 0.285. The van der Waals surface area contributed by atoms with Crippen molar-refractivity contribution in [1.29, 1.82) is 0 Å². The maximum Gasteiger partial charge on any atom is 0.259 e. The maximum atomic E-state index is 12.1. The first kappa shape index (κ1) is 34.7. The Bertz CT molecular complexity index is 1170. The fourth-order valence-electron chi connectivity index (χ4n) is 4.39. The van der Waals surface area contributed by atoms with Gasteiger partial charge >= 0.3 is 0 Å². The fourth-order valence-corrected chi connectivity index (χ4v) is 6.95. The minimum absolute atomic E-state index is 0.142. The van der Waals surface area contributed by atoms with Crippen molar-refractivity contribution in [3.05, 3.63) is 12.7 Å². The van der Waals surface area contributed by atoms with E-state index in [0.717, 1.165) is 0 Å². The number of nitrogens with zero attached hydrogens (tertiary/aromatic N) is 5. The van der Waals surface area contributed by atoms with Crippen molar-refractivity contribution in [2.75, 3.05) is 37.5 Å². The van der Waals surface area contributed by atoms with Crippen LogP contribution in [0.2, 0.25) is 0 Å². The molecule has 0 radical (unpaired) electrons. The molecule has 1 amide bonds. The summed E-state index contributed by atoms with van der Waals surface area (Å²) in [5, 5.41) is 13.0. The summed E-state index contributed by atoms with van der Waals surface area (Å²) in [5.41, 5.74) is 0.570. The average molecular weight is 629 g/mol. The number of aromatic nitrogens is 4. The third-order valence-corrected chi connectivity index (χ3v) is 9.70. The van der Waals surface area contributed by atoms with Crippen LogP contribution in [0.3, 0.4) is 0 Å². The molecule has 0 aliphatic carbocycles. The highest BCUT2D eigenvalue weighted by Crippen LogP contribution is 2.50. The van der Waals surface area contributed by atoms with Gasteiger partial charge in [0.15, 0.2) is 22.1 Å². The number of hydrogen-bond donors (Lipinski definition) is 2. The molecule has 236 valence electrons. The lowest BCUT2D eigenvalue weighted by Gasteiger charge is -2.37. The van der Waals surface area contributed by atoms with Crippen LogP contribution in [-0.2, 0) is 28.1 Å². The minimum atomic E-state index is -1.52. The van der Waals surface area contributed by atoms with Gasteiger partial charge in [0.05, 0.1) is 38.9 Å². The molecule has 15 heteroatoms. The molecule has 3 rings (SSSR count). The van der Waals surface area contributed by atoms with Crippen molar-refractivity contribution in [3.63, 3.8) is 0 Å². The van der Waals surface area contributed by atoms with Crippen LogP contribution in [0, 0.1) is 5.41 Å². The molecular formula is C27H45N6O7PS. The van der Waals surface area contributed by atoms with Crippen LogP contribution in [0.4, 0.5) is 5.82 Å². The molecular weight excluding hydrogens is 583 g/mol. The standard InChI is InChI=1S/C27H45N6O7PS/c1-17(2)33(18(3)4)41(38-10-9-37-11-12-42-26(36)27(6,7)8)40-20-13-22(39-21(20)14-34)32-16-30-23-24(31-19(5)35)28-15-29-25(23)32/h15-18,20-22,34H,9-14H2,1-8H3,(H,28,29,31,35)/t20-,21-,22-,41?/m1/s1. The lowest BCUT2D eigenvalue weighted by Crippen LogP contribution is -2.36. The Hall–Kier alpha value is -1.77. The predicted molar refractivity (Wildman–Crippen MR) is 163 cm³/mol. The number of aliphatic hydroxyl groups excluding tert-OH is 1. The number of hydrogen-bond acceptors (Lipinski definition) is 12. The zero-order valence-electron chi connectivity index (χ0n) is 25.8. The van der Waals surface area contributed by atoms with Gasteiger partial charge in [-0.2, -0.15) is 0 Å². The van der Waals surface area contributed by atoms with Crippen LogP contribution >= 0.6 is 20.3 Å². The van der Waals surface area contributed by atoms with Gasteiger partial charge in [-0.1, -0.05) is 32.5 Å².